The highest BCUT2D eigenvalue weighted by molar-refractivity contribution is 5.35. The van der Waals surface area contributed by atoms with E-state index in [-0.39, 0.29) is 0 Å². The second-order valence-corrected chi connectivity index (χ2v) is 5.25. The summed E-state index contributed by atoms with van der Waals surface area (Å²) in [7, 11) is 0. The Morgan fingerprint density at radius 1 is 1.33 bits per heavy atom. The van der Waals surface area contributed by atoms with Crippen molar-refractivity contribution >= 4 is 5.82 Å². The van der Waals surface area contributed by atoms with Gasteiger partial charge in [-0.3, -0.25) is 4.90 Å². The van der Waals surface area contributed by atoms with Crippen LogP contribution in [0.1, 0.15) is 45.1 Å². The zero-order valence-electron chi connectivity index (χ0n) is 11.7. The van der Waals surface area contributed by atoms with Gasteiger partial charge in [-0.2, -0.15) is 0 Å². The van der Waals surface area contributed by atoms with Crippen LogP contribution in [0.5, 0.6) is 0 Å². The lowest BCUT2D eigenvalue weighted by atomic mass is 10.1. The number of nitrogens with one attached hydrogen (secondary N) is 1. The van der Waals surface area contributed by atoms with Crippen molar-refractivity contribution in [2.45, 2.75) is 52.1 Å². The molecule has 1 aromatic heterocycles. The van der Waals surface area contributed by atoms with Crippen molar-refractivity contribution in [3.8, 4) is 0 Å². The van der Waals surface area contributed by atoms with E-state index in [4.69, 9.17) is 0 Å². The fourth-order valence-corrected chi connectivity index (χ4v) is 2.61. The normalized spacial score (nSPS) is 21.6. The summed E-state index contributed by atoms with van der Waals surface area (Å²) in [5.74, 6) is 0.977. The summed E-state index contributed by atoms with van der Waals surface area (Å²) in [5, 5.41) is 3.23. The largest absolute Gasteiger partial charge is 0.370 e. The fraction of sp³-hybridized carbons (Fsp3) is 0.667. The maximum absolute atomic E-state index is 4.44. The number of hydrogen-bond donors (Lipinski definition) is 1. The molecule has 3 nitrogen and oxygen atoms in total. The number of likely N-dealkylation sites (tertiary alicyclic amines) is 1. The second-order valence-electron chi connectivity index (χ2n) is 5.25. The molecule has 0 spiro atoms. The summed E-state index contributed by atoms with van der Waals surface area (Å²) in [6.45, 7) is 7.65. The number of hydrogen-bond acceptors (Lipinski definition) is 3. The van der Waals surface area contributed by atoms with E-state index in [0.29, 0.717) is 6.04 Å². The van der Waals surface area contributed by atoms with E-state index in [9.17, 15) is 0 Å². The molecule has 1 unspecified atom stereocenters. The van der Waals surface area contributed by atoms with Crippen molar-refractivity contribution in [3.63, 3.8) is 0 Å². The number of aromatic nitrogens is 1. The Balaban J connectivity index is 1.94. The zero-order valence-corrected chi connectivity index (χ0v) is 11.7. The molecule has 1 atom stereocenters. The van der Waals surface area contributed by atoms with E-state index < -0.39 is 0 Å². The summed E-state index contributed by atoms with van der Waals surface area (Å²) in [5.41, 5.74) is 1.32. The lowest BCUT2D eigenvalue weighted by molar-refractivity contribution is 0.204. The van der Waals surface area contributed by atoms with Crippen LogP contribution in [0.3, 0.4) is 0 Å². The molecular formula is C15H25N3. The van der Waals surface area contributed by atoms with Gasteiger partial charge in [0.15, 0.2) is 0 Å². The van der Waals surface area contributed by atoms with Crippen molar-refractivity contribution in [2.75, 3.05) is 18.4 Å². The summed E-state index contributed by atoms with van der Waals surface area (Å²) in [6.07, 6.45) is 7.46. The Hall–Kier alpha value is -1.09. The highest BCUT2D eigenvalue weighted by Crippen LogP contribution is 2.19. The molecule has 0 saturated carbocycles. The van der Waals surface area contributed by atoms with Gasteiger partial charge >= 0.3 is 0 Å². The molecule has 18 heavy (non-hydrogen) atoms. The maximum Gasteiger partial charge on any atom is 0.125 e. The van der Waals surface area contributed by atoms with E-state index in [2.05, 4.69) is 41.2 Å². The van der Waals surface area contributed by atoms with Crippen molar-refractivity contribution in [1.82, 2.24) is 9.88 Å². The molecule has 1 N–H and O–H groups in total. The number of pyridine rings is 1. The average molecular weight is 247 g/mol. The van der Waals surface area contributed by atoms with Gasteiger partial charge in [-0.05, 0) is 44.9 Å². The van der Waals surface area contributed by atoms with Crippen LogP contribution in [0, 0.1) is 0 Å². The van der Waals surface area contributed by atoms with E-state index in [1.54, 1.807) is 0 Å². The van der Waals surface area contributed by atoms with Crippen LogP contribution in [0.2, 0.25) is 0 Å². The average Bonchev–Trinajstić information content (AvgIpc) is 2.58. The van der Waals surface area contributed by atoms with Gasteiger partial charge in [-0.15, -0.1) is 0 Å². The summed E-state index contributed by atoms with van der Waals surface area (Å²) in [4.78, 5) is 7.04. The zero-order chi connectivity index (χ0) is 12.8. The Labute approximate surface area is 111 Å². The van der Waals surface area contributed by atoms with E-state index in [0.717, 1.165) is 18.9 Å². The topological polar surface area (TPSA) is 28.2 Å². The molecule has 1 saturated heterocycles. The van der Waals surface area contributed by atoms with Gasteiger partial charge in [0, 0.05) is 25.3 Å². The maximum atomic E-state index is 4.44. The third-order valence-electron chi connectivity index (χ3n) is 3.76. The van der Waals surface area contributed by atoms with Gasteiger partial charge in [0.25, 0.3) is 0 Å². The third-order valence-corrected chi connectivity index (χ3v) is 3.76. The molecule has 2 rings (SSSR count). The first-order valence-electron chi connectivity index (χ1n) is 7.22. The molecule has 0 aliphatic carbocycles. The van der Waals surface area contributed by atoms with Crippen molar-refractivity contribution in [3.05, 3.63) is 23.9 Å². The molecule has 1 aliphatic heterocycles. The lowest BCUT2D eigenvalue weighted by Crippen LogP contribution is -2.31. The minimum atomic E-state index is 0.709. The molecule has 1 aliphatic rings. The molecule has 2 heterocycles. The van der Waals surface area contributed by atoms with Crippen LogP contribution in [-0.4, -0.2) is 29.0 Å². The molecule has 0 aromatic carbocycles. The Morgan fingerprint density at radius 2 is 2.22 bits per heavy atom. The predicted octanol–water partition coefficient (Wildman–Crippen LogP) is 3.28. The summed E-state index contributed by atoms with van der Waals surface area (Å²) < 4.78 is 0. The minimum Gasteiger partial charge on any atom is -0.370 e. The van der Waals surface area contributed by atoms with Gasteiger partial charge < -0.3 is 5.32 Å². The first-order valence-corrected chi connectivity index (χ1v) is 7.22. The van der Waals surface area contributed by atoms with E-state index in [1.165, 1.54) is 37.8 Å². The van der Waals surface area contributed by atoms with E-state index >= 15 is 0 Å². The lowest BCUT2D eigenvalue weighted by Gasteiger charge is -2.26. The van der Waals surface area contributed by atoms with Crippen molar-refractivity contribution in [1.29, 1.82) is 0 Å². The van der Waals surface area contributed by atoms with Gasteiger partial charge in [0.05, 0.1) is 0 Å². The summed E-state index contributed by atoms with van der Waals surface area (Å²) in [6, 6.07) is 4.99. The molecule has 0 bridgehead atoms. The number of rotatable bonds is 4. The minimum absolute atomic E-state index is 0.709. The highest BCUT2D eigenvalue weighted by atomic mass is 15.1. The van der Waals surface area contributed by atoms with Crippen molar-refractivity contribution < 1.29 is 0 Å². The Bertz CT molecular complexity index is 347. The smallest absolute Gasteiger partial charge is 0.125 e. The van der Waals surface area contributed by atoms with Gasteiger partial charge in [0.2, 0.25) is 0 Å². The first-order chi connectivity index (χ1) is 8.79. The fourth-order valence-electron chi connectivity index (χ4n) is 2.61. The molecular weight excluding hydrogens is 222 g/mol. The Morgan fingerprint density at radius 3 is 2.94 bits per heavy atom. The molecule has 0 amide bonds. The van der Waals surface area contributed by atoms with Crippen molar-refractivity contribution in [2.24, 2.45) is 0 Å². The molecule has 1 aromatic rings. The van der Waals surface area contributed by atoms with Crippen LogP contribution >= 0.6 is 0 Å². The molecule has 3 heteroatoms. The predicted molar refractivity (Wildman–Crippen MR) is 76.7 cm³/mol. The quantitative estimate of drug-likeness (QED) is 0.885. The van der Waals surface area contributed by atoms with Gasteiger partial charge in [-0.25, -0.2) is 4.98 Å². The highest BCUT2D eigenvalue weighted by Gasteiger charge is 2.16. The molecule has 100 valence electrons. The molecule has 0 radical (unpaired) electrons. The third kappa shape index (κ3) is 3.70. The van der Waals surface area contributed by atoms with Crippen LogP contribution in [0.25, 0.3) is 0 Å². The van der Waals surface area contributed by atoms with Crippen LogP contribution in [0.4, 0.5) is 5.82 Å². The number of nitrogens with zero attached hydrogens (tertiary/aromatic N) is 2. The van der Waals surface area contributed by atoms with Gasteiger partial charge in [0.1, 0.15) is 5.82 Å². The SMILES string of the molecule is CCNc1ccc(CN2CCCCCC2C)cn1. The monoisotopic (exact) mass is 247 g/mol. The van der Waals surface area contributed by atoms with E-state index in [1.807, 2.05) is 6.20 Å². The summed E-state index contributed by atoms with van der Waals surface area (Å²) >= 11 is 0. The number of anilines is 1. The van der Waals surface area contributed by atoms with Crippen LogP contribution < -0.4 is 5.32 Å². The van der Waals surface area contributed by atoms with Crippen LogP contribution in [0.15, 0.2) is 18.3 Å². The van der Waals surface area contributed by atoms with Crippen LogP contribution in [-0.2, 0) is 6.54 Å². The second kappa shape index (κ2) is 6.74. The first kappa shape index (κ1) is 13.3. The Kier molecular flexibility index (Phi) is 5.00. The standard InChI is InChI=1S/C15H25N3/c1-3-16-15-9-8-14(11-17-15)12-18-10-6-4-5-7-13(18)2/h8-9,11,13H,3-7,10,12H2,1-2H3,(H,16,17). The molecule has 1 fully saturated rings. The van der Waals surface area contributed by atoms with Gasteiger partial charge in [-0.1, -0.05) is 18.9 Å².